The molecule has 0 bridgehead atoms. The fraction of sp³-hybridized carbons (Fsp3) is 0.269. The topological polar surface area (TPSA) is 78.9 Å². The lowest BCUT2D eigenvalue weighted by atomic mass is 10.1. The molecule has 1 aliphatic rings. The summed E-state index contributed by atoms with van der Waals surface area (Å²) in [5, 5.41) is 0.127. The number of piperazine rings is 1. The van der Waals surface area contributed by atoms with Gasteiger partial charge in [0.25, 0.3) is 5.91 Å². The summed E-state index contributed by atoms with van der Waals surface area (Å²) in [6.07, 6.45) is 0. The van der Waals surface area contributed by atoms with E-state index in [0.717, 1.165) is 24.3 Å². The third-order valence-corrected chi connectivity index (χ3v) is 7.78. The summed E-state index contributed by atoms with van der Waals surface area (Å²) in [5.41, 5.74) is 2.00. The molecule has 0 spiro atoms. The van der Waals surface area contributed by atoms with Crippen LogP contribution in [0.1, 0.15) is 18.5 Å². The molecule has 0 aliphatic carbocycles. The highest BCUT2D eigenvalue weighted by molar-refractivity contribution is 7.89. The Morgan fingerprint density at radius 2 is 1.60 bits per heavy atom. The lowest BCUT2D eigenvalue weighted by Gasteiger charge is -2.36. The van der Waals surface area contributed by atoms with Crippen LogP contribution in [0.4, 0.5) is 5.69 Å². The standard InChI is InChI=1S/C26H28ClN3O4S/c1-20(21-8-4-2-5-9-21)28-35(32,33)23-12-13-25(24(27)18-23)34-19-26(31)30-16-14-29(15-17-30)22-10-6-3-7-11-22/h2-13,18,20,28H,14-17,19H2,1H3/t20-/m1/s1. The first-order chi connectivity index (χ1) is 16.8. The minimum atomic E-state index is -3.79. The number of anilines is 1. The van der Waals surface area contributed by atoms with Gasteiger partial charge < -0.3 is 14.5 Å². The molecule has 1 saturated heterocycles. The zero-order valence-electron chi connectivity index (χ0n) is 19.4. The predicted octanol–water partition coefficient (Wildman–Crippen LogP) is 4.11. The average Bonchev–Trinajstić information content (AvgIpc) is 2.88. The van der Waals surface area contributed by atoms with Crippen LogP contribution in [-0.4, -0.2) is 52.0 Å². The summed E-state index contributed by atoms with van der Waals surface area (Å²) in [7, 11) is -3.79. The Morgan fingerprint density at radius 3 is 2.23 bits per heavy atom. The molecule has 3 aromatic rings. The highest BCUT2D eigenvalue weighted by Crippen LogP contribution is 2.28. The van der Waals surface area contributed by atoms with Crippen molar-refractivity contribution in [2.75, 3.05) is 37.7 Å². The molecule has 1 N–H and O–H groups in total. The molecule has 1 amide bonds. The Morgan fingerprint density at radius 1 is 0.971 bits per heavy atom. The molecule has 7 nitrogen and oxygen atoms in total. The number of amides is 1. The number of sulfonamides is 1. The smallest absolute Gasteiger partial charge is 0.260 e. The van der Waals surface area contributed by atoms with Gasteiger partial charge in [-0.1, -0.05) is 60.1 Å². The van der Waals surface area contributed by atoms with Gasteiger partial charge >= 0.3 is 0 Å². The van der Waals surface area contributed by atoms with Gasteiger partial charge in [0.1, 0.15) is 5.75 Å². The van der Waals surface area contributed by atoms with E-state index >= 15 is 0 Å². The Balaban J connectivity index is 1.31. The Labute approximate surface area is 211 Å². The molecule has 1 fully saturated rings. The summed E-state index contributed by atoms with van der Waals surface area (Å²) in [5.74, 6) is 0.127. The first-order valence-corrected chi connectivity index (χ1v) is 13.3. The van der Waals surface area contributed by atoms with Crippen molar-refractivity contribution in [3.05, 3.63) is 89.4 Å². The Hall–Kier alpha value is -3.07. The minimum Gasteiger partial charge on any atom is -0.482 e. The van der Waals surface area contributed by atoms with E-state index in [1.165, 1.54) is 18.2 Å². The maximum Gasteiger partial charge on any atom is 0.260 e. The van der Waals surface area contributed by atoms with E-state index in [1.54, 1.807) is 11.8 Å². The van der Waals surface area contributed by atoms with E-state index in [2.05, 4.69) is 21.8 Å². The van der Waals surface area contributed by atoms with E-state index in [9.17, 15) is 13.2 Å². The van der Waals surface area contributed by atoms with Crippen LogP contribution in [0.3, 0.4) is 0 Å². The third-order valence-electron chi connectivity index (χ3n) is 5.95. The number of nitrogens with zero attached hydrogens (tertiary/aromatic N) is 2. The lowest BCUT2D eigenvalue weighted by molar-refractivity contribution is -0.133. The molecule has 0 saturated carbocycles. The van der Waals surface area contributed by atoms with Gasteiger partial charge in [0.2, 0.25) is 10.0 Å². The number of rotatable bonds is 8. The number of nitrogens with one attached hydrogen (secondary N) is 1. The summed E-state index contributed by atoms with van der Waals surface area (Å²) < 4.78 is 33.9. The predicted molar refractivity (Wildman–Crippen MR) is 137 cm³/mol. The molecule has 0 aromatic heterocycles. The van der Waals surface area contributed by atoms with E-state index < -0.39 is 16.1 Å². The van der Waals surface area contributed by atoms with Gasteiger partial charge in [-0.05, 0) is 42.8 Å². The van der Waals surface area contributed by atoms with Gasteiger partial charge in [0.15, 0.2) is 6.61 Å². The molecule has 9 heteroatoms. The molecule has 184 valence electrons. The summed E-state index contributed by atoms with van der Waals surface area (Å²) in [6.45, 7) is 4.31. The van der Waals surface area contributed by atoms with E-state index in [0.29, 0.717) is 13.1 Å². The van der Waals surface area contributed by atoms with Crippen molar-refractivity contribution in [2.45, 2.75) is 17.9 Å². The monoisotopic (exact) mass is 513 g/mol. The normalized spacial score (nSPS) is 15.0. The van der Waals surface area contributed by atoms with Crippen LogP contribution in [0.5, 0.6) is 5.75 Å². The SMILES string of the molecule is C[C@@H](NS(=O)(=O)c1ccc(OCC(=O)N2CCN(c3ccccc3)CC2)c(Cl)c1)c1ccccc1. The second kappa shape index (κ2) is 11.1. The number of ether oxygens (including phenoxy) is 1. The lowest BCUT2D eigenvalue weighted by Crippen LogP contribution is -2.50. The van der Waals surface area contributed by atoms with Gasteiger partial charge in [-0.25, -0.2) is 13.1 Å². The van der Waals surface area contributed by atoms with Crippen LogP contribution in [0.2, 0.25) is 5.02 Å². The second-order valence-electron chi connectivity index (χ2n) is 8.34. The Kier molecular flexibility index (Phi) is 7.95. The van der Waals surface area contributed by atoms with Crippen molar-refractivity contribution in [1.82, 2.24) is 9.62 Å². The molecule has 35 heavy (non-hydrogen) atoms. The van der Waals surface area contributed by atoms with E-state index in [-0.39, 0.29) is 28.2 Å². The Bertz CT molecular complexity index is 1250. The number of hydrogen-bond donors (Lipinski definition) is 1. The molecule has 1 atom stereocenters. The zero-order chi connectivity index (χ0) is 24.8. The second-order valence-corrected chi connectivity index (χ2v) is 10.5. The minimum absolute atomic E-state index is 0.0287. The van der Waals surface area contributed by atoms with Crippen molar-refractivity contribution < 1.29 is 17.9 Å². The van der Waals surface area contributed by atoms with E-state index in [4.69, 9.17) is 16.3 Å². The number of carbonyl (C=O) groups is 1. The summed E-state index contributed by atoms with van der Waals surface area (Å²) in [6, 6.07) is 23.2. The van der Waals surface area contributed by atoms with Gasteiger partial charge in [0.05, 0.1) is 9.92 Å². The van der Waals surface area contributed by atoms with Crippen LogP contribution in [0.15, 0.2) is 83.8 Å². The van der Waals surface area contributed by atoms with Gasteiger partial charge in [-0.3, -0.25) is 4.79 Å². The fourth-order valence-corrected chi connectivity index (χ4v) is 5.52. The van der Waals surface area contributed by atoms with Crippen molar-refractivity contribution in [2.24, 2.45) is 0 Å². The quantitative estimate of drug-likeness (QED) is 0.490. The maximum atomic E-state index is 12.8. The largest absolute Gasteiger partial charge is 0.482 e. The molecule has 3 aromatic carbocycles. The van der Waals surface area contributed by atoms with Crippen LogP contribution < -0.4 is 14.4 Å². The third kappa shape index (κ3) is 6.33. The van der Waals surface area contributed by atoms with Crippen molar-refractivity contribution in [3.8, 4) is 5.75 Å². The number of para-hydroxylation sites is 1. The molecule has 1 aliphatic heterocycles. The average molecular weight is 514 g/mol. The van der Waals surface area contributed by atoms with Crippen LogP contribution >= 0.6 is 11.6 Å². The van der Waals surface area contributed by atoms with Gasteiger partial charge in [0, 0.05) is 37.9 Å². The highest BCUT2D eigenvalue weighted by atomic mass is 35.5. The van der Waals surface area contributed by atoms with Crippen LogP contribution in [-0.2, 0) is 14.8 Å². The maximum absolute atomic E-state index is 12.8. The van der Waals surface area contributed by atoms with Gasteiger partial charge in [-0.15, -0.1) is 0 Å². The van der Waals surface area contributed by atoms with Gasteiger partial charge in [-0.2, -0.15) is 0 Å². The number of benzene rings is 3. The van der Waals surface area contributed by atoms with Crippen LogP contribution in [0.25, 0.3) is 0 Å². The van der Waals surface area contributed by atoms with Crippen molar-refractivity contribution in [3.63, 3.8) is 0 Å². The molecule has 4 rings (SSSR count). The fourth-order valence-electron chi connectivity index (χ4n) is 3.96. The highest BCUT2D eigenvalue weighted by Gasteiger charge is 2.23. The first-order valence-electron chi connectivity index (χ1n) is 11.4. The van der Waals surface area contributed by atoms with Crippen molar-refractivity contribution in [1.29, 1.82) is 0 Å². The molecular formula is C26H28ClN3O4S. The molecule has 1 heterocycles. The summed E-state index contributed by atoms with van der Waals surface area (Å²) >= 11 is 6.30. The van der Waals surface area contributed by atoms with Crippen molar-refractivity contribution >= 4 is 33.2 Å². The number of hydrogen-bond acceptors (Lipinski definition) is 5. The number of carbonyl (C=O) groups excluding carboxylic acids is 1. The molecular weight excluding hydrogens is 486 g/mol. The van der Waals surface area contributed by atoms with Crippen LogP contribution in [0, 0.1) is 0 Å². The summed E-state index contributed by atoms with van der Waals surface area (Å²) in [4.78, 5) is 16.7. The molecule has 0 unspecified atom stereocenters. The zero-order valence-corrected chi connectivity index (χ0v) is 21.0. The number of halogens is 1. The van der Waals surface area contributed by atoms with E-state index in [1.807, 2.05) is 48.5 Å². The molecule has 0 radical (unpaired) electrons. The first kappa shape index (κ1) is 25.0.